The van der Waals surface area contributed by atoms with Crippen LogP contribution in [0.4, 0.5) is 4.39 Å². The van der Waals surface area contributed by atoms with Gasteiger partial charge in [-0.15, -0.1) is 0 Å². The summed E-state index contributed by atoms with van der Waals surface area (Å²) in [6.45, 7) is 4.04. The number of amides is 2. The fourth-order valence-corrected chi connectivity index (χ4v) is 2.95. The molecule has 7 heteroatoms. The largest absolute Gasteiger partial charge is 0.481 e. The Morgan fingerprint density at radius 3 is 2.66 bits per heavy atom. The molecule has 0 aliphatic carbocycles. The topological polar surface area (TPSA) is 58.6 Å². The minimum Gasteiger partial charge on any atom is -0.481 e. The van der Waals surface area contributed by atoms with Gasteiger partial charge in [-0.3, -0.25) is 9.59 Å². The molecular weight excluding hydrogens is 395 g/mol. The van der Waals surface area contributed by atoms with Crippen LogP contribution in [-0.2, 0) is 16.1 Å². The zero-order valence-electron chi connectivity index (χ0n) is 16.7. The summed E-state index contributed by atoms with van der Waals surface area (Å²) < 4.78 is 19.1. The molecular formula is C22H26ClFN2O3. The van der Waals surface area contributed by atoms with E-state index >= 15 is 0 Å². The van der Waals surface area contributed by atoms with E-state index in [1.807, 2.05) is 13.0 Å². The van der Waals surface area contributed by atoms with Gasteiger partial charge in [0.15, 0.2) is 18.2 Å². The number of nitrogens with zero attached hydrogens (tertiary/aromatic N) is 1. The smallest absolute Gasteiger partial charge is 0.261 e. The maximum absolute atomic E-state index is 13.8. The average molecular weight is 421 g/mol. The highest BCUT2D eigenvalue weighted by molar-refractivity contribution is 6.30. The number of carbonyl (C=O) groups excluding carboxylic acids is 2. The monoisotopic (exact) mass is 420 g/mol. The maximum Gasteiger partial charge on any atom is 0.261 e. The first kappa shape index (κ1) is 22.7. The van der Waals surface area contributed by atoms with E-state index in [1.54, 1.807) is 31.2 Å². The molecule has 0 aliphatic rings. The van der Waals surface area contributed by atoms with E-state index < -0.39 is 17.8 Å². The highest BCUT2D eigenvalue weighted by atomic mass is 35.5. The zero-order valence-corrected chi connectivity index (χ0v) is 17.4. The SMILES string of the molecule is CCCCNC(=O)[C@@H](C)N(Cc1cccc(Cl)c1)C(=O)COc1ccccc1F. The van der Waals surface area contributed by atoms with Crippen molar-refractivity contribution in [1.82, 2.24) is 10.2 Å². The van der Waals surface area contributed by atoms with E-state index in [1.165, 1.54) is 23.1 Å². The molecule has 0 bridgehead atoms. The van der Waals surface area contributed by atoms with Crippen LogP contribution >= 0.6 is 11.6 Å². The number of unbranched alkanes of at least 4 members (excludes halogenated alkanes) is 1. The number of benzene rings is 2. The Morgan fingerprint density at radius 1 is 1.21 bits per heavy atom. The molecule has 0 aliphatic heterocycles. The van der Waals surface area contributed by atoms with Gasteiger partial charge in [0, 0.05) is 18.1 Å². The Labute approximate surface area is 175 Å². The fourth-order valence-electron chi connectivity index (χ4n) is 2.73. The molecule has 2 aromatic rings. The van der Waals surface area contributed by atoms with Gasteiger partial charge in [0.1, 0.15) is 6.04 Å². The van der Waals surface area contributed by atoms with Gasteiger partial charge in [0.2, 0.25) is 5.91 Å². The van der Waals surface area contributed by atoms with Crippen LogP contribution in [0.3, 0.4) is 0 Å². The summed E-state index contributed by atoms with van der Waals surface area (Å²) in [5.74, 6) is -1.23. The van der Waals surface area contributed by atoms with Crippen molar-refractivity contribution < 1.29 is 18.7 Å². The molecule has 156 valence electrons. The summed E-state index contributed by atoms with van der Waals surface area (Å²) in [6.07, 6.45) is 1.81. The van der Waals surface area contributed by atoms with Crippen molar-refractivity contribution in [2.24, 2.45) is 0 Å². The molecule has 2 amide bonds. The molecule has 1 N–H and O–H groups in total. The van der Waals surface area contributed by atoms with Gasteiger partial charge in [-0.25, -0.2) is 4.39 Å². The standard InChI is InChI=1S/C22H26ClFN2O3/c1-3-4-12-25-22(28)16(2)26(14-17-8-7-9-18(23)13-17)21(27)15-29-20-11-6-5-10-19(20)24/h5-11,13,16H,3-4,12,14-15H2,1-2H3,(H,25,28)/t16-/m1/s1. The predicted octanol–water partition coefficient (Wildman–Crippen LogP) is 4.19. The van der Waals surface area contributed by atoms with Crippen LogP contribution in [0.2, 0.25) is 5.02 Å². The number of hydrogen-bond acceptors (Lipinski definition) is 3. The second-order valence-electron chi connectivity index (χ2n) is 6.69. The first-order valence-electron chi connectivity index (χ1n) is 9.61. The summed E-state index contributed by atoms with van der Waals surface area (Å²) in [5, 5.41) is 3.38. The van der Waals surface area contributed by atoms with Crippen LogP contribution < -0.4 is 10.1 Å². The van der Waals surface area contributed by atoms with E-state index in [9.17, 15) is 14.0 Å². The number of nitrogens with one attached hydrogen (secondary N) is 1. The lowest BCUT2D eigenvalue weighted by Crippen LogP contribution is -2.49. The van der Waals surface area contributed by atoms with E-state index in [0.29, 0.717) is 11.6 Å². The van der Waals surface area contributed by atoms with Gasteiger partial charge >= 0.3 is 0 Å². The zero-order chi connectivity index (χ0) is 21.2. The maximum atomic E-state index is 13.8. The van der Waals surface area contributed by atoms with Crippen LogP contribution in [0.25, 0.3) is 0 Å². The van der Waals surface area contributed by atoms with Crippen molar-refractivity contribution in [3.63, 3.8) is 0 Å². The molecule has 29 heavy (non-hydrogen) atoms. The molecule has 2 aromatic carbocycles. The molecule has 5 nitrogen and oxygen atoms in total. The van der Waals surface area contributed by atoms with Gasteiger partial charge < -0.3 is 15.0 Å². The number of rotatable bonds is 10. The minimum atomic E-state index is -0.720. The second-order valence-corrected chi connectivity index (χ2v) is 7.13. The summed E-state index contributed by atoms with van der Waals surface area (Å²) in [6, 6.07) is 12.2. The molecule has 0 aromatic heterocycles. The number of hydrogen-bond donors (Lipinski definition) is 1. The third-order valence-corrected chi connectivity index (χ3v) is 4.66. The lowest BCUT2D eigenvalue weighted by Gasteiger charge is -2.28. The number of halogens is 2. The van der Waals surface area contributed by atoms with Crippen molar-refractivity contribution in [2.75, 3.05) is 13.2 Å². The van der Waals surface area contributed by atoms with E-state index in [4.69, 9.17) is 16.3 Å². The van der Waals surface area contributed by atoms with Crippen LogP contribution in [0.5, 0.6) is 5.75 Å². The minimum absolute atomic E-state index is 0.0106. The summed E-state index contributed by atoms with van der Waals surface area (Å²) >= 11 is 6.04. The molecule has 0 fully saturated rings. The number of para-hydroxylation sites is 1. The van der Waals surface area contributed by atoms with Gasteiger partial charge in [-0.05, 0) is 43.2 Å². The van der Waals surface area contributed by atoms with E-state index in [-0.39, 0.29) is 24.8 Å². The Morgan fingerprint density at radius 2 is 1.97 bits per heavy atom. The molecule has 0 heterocycles. The third-order valence-electron chi connectivity index (χ3n) is 4.43. The third kappa shape index (κ3) is 7.06. The normalized spacial score (nSPS) is 11.6. The first-order valence-corrected chi connectivity index (χ1v) is 9.99. The van der Waals surface area contributed by atoms with Crippen molar-refractivity contribution in [1.29, 1.82) is 0 Å². The number of carbonyl (C=O) groups is 2. The molecule has 0 spiro atoms. The summed E-state index contributed by atoms with van der Waals surface area (Å²) in [7, 11) is 0. The van der Waals surface area contributed by atoms with Crippen molar-refractivity contribution in [3.05, 3.63) is 64.9 Å². The quantitative estimate of drug-likeness (QED) is 0.586. The van der Waals surface area contributed by atoms with Crippen LogP contribution in [0.15, 0.2) is 48.5 Å². The van der Waals surface area contributed by atoms with E-state index in [2.05, 4.69) is 5.32 Å². The Bertz CT molecular complexity index is 831. The van der Waals surface area contributed by atoms with Crippen LogP contribution in [0, 0.1) is 5.82 Å². The van der Waals surface area contributed by atoms with Crippen molar-refractivity contribution in [2.45, 2.75) is 39.3 Å². The molecule has 2 rings (SSSR count). The van der Waals surface area contributed by atoms with Crippen molar-refractivity contribution >= 4 is 23.4 Å². The molecule has 1 atom stereocenters. The summed E-state index contributed by atoms with van der Waals surface area (Å²) in [4.78, 5) is 26.8. The van der Waals surface area contributed by atoms with Gasteiger partial charge in [-0.1, -0.05) is 49.2 Å². The lowest BCUT2D eigenvalue weighted by molar-refractivity contribution is -0.142. The molecule has 0 radical (unpaired) electrons. The van der Waals surface area contributed by atoms with Crippen molar-refractivity contribution in [3.8, 4) is 5.75 Å². The molecule has 0 saturated carbocycles. The predicted molar refractivity (Wildman–Crippen MR) is 111 cm³/mol. The van der Waals surface area contributed by atoms with Crippen LogP contribution in [0.1, 0.15) is 32.3 Å². The highest BCUT2D eigenvalue weighted by Crippen LogP contribution is 2.17. The lowest BCUT2D eigenvalue weighted by atomic mass is 10.1. The van der Waals surface area contributed by atoms with Gasteiger partial charge in [0.05, 0.1) is 0 Å². The Kier molecular flexibility index (Phi) is 8.93. The fraction of sp³-hybridized carbons (Fsp3) is 0.364. The average Bonchev–Trinajstić information content (AvgIpc) is 2.71. The Hall–Kier alpha value is -2.60. The highest BCUT2D eigenvalue weighted by Gasteiger charge is 2.26. The summed E-state index contributed by atoms with van der Waals surface area (Å²) in [5.41, 5.74) is 0.782. The molecule has 0 unspecified atom stereocenters. The first-order chi connectivity index (χ1) is 13.9. The van der Waals surface area contributed by atoms with Crippen LogP contribution in [-0.4, -0.2) is 35.9 Å². The second kappa shape index (κ2) is 11.4. The number of ether oxygens (including phenoxy) is 1. The van der Waals surface area contributed by atoms with Gasteiger partial charge in [0.25, 0.3) is 5.91 Å². The Balaban J connectivity index is 2.12. The van der Waals surface area contributed by atoms with E-state index in [0.717, 1.165) is 18.4 Å². The molecule has 0 saturated heterocycles. The van der Waals surface area contributed by atoms with Gasteiger partial charge in [-0.2, -0.15) is 0 Å².